The molecule has 0 saturated heterocycles. The minimum absolute atomic E-state index is 0.265. The minimum Gasteiger partial charge on any atom is -0.334 e. The highest BCUT2D eigenvalue weighted by atomic mass is 19.1. The Bertz CT molecular complexity index is 673. The molecule has 2 amide bonds. The van der Waals surface area contributed by atoms with Crippen molar-refractivity contribution in [2.24, 2.45) is 0 Å². The molecular formula is C17H18F2N2O. The summed E-state index contributed by atoms with van der Waals surface area (Å²) in [5.41, 5.74) is 2.08. The Labute approximate surface area is 128 Å². The summed E-state index contributed by atoms with van der Waals surface area (Å²) >= 11 is 0. The molecule has 0 aliphatic carbocycles. The van der Waals surface area contributed by atoms with Crippen LogP contribution in [-0.4, -0.2) is 18.0 Å². The van der Waals surface area contributed by atoms with Gasteiger partial charge < -0.3 is 10.2 Å². The maximum absolute atomic E-state index is 13.2. The zero-order valence-electron chi connectivity index (χ0n) is 12.6. The summed E-state index contributed by atoms with van der Waals surface area (Å²) < 4.78 is 26.3. The van der Waals surface area contributed by atoms with E-state index in [1.807, 2.05) is 0 Å². The molecule has 3 nitrogen and oxygen atoms in total. The van der Waals surface area contributed by atoms with Crippen LogP contribution in [0.1, 0.15) is 16.7 Å². The predicted molar refractivity (Wildman–Crippen MR) is 81.2 cm³/mol. The van der Waals surface area contributed by atoms with Crippen molar-refractivity contribution in [3.63, 3.8) is 0 Å². The molecule has 2 rings (SSSR count). The first kappa shape index (κ1) is 15.9. The minimum atomic E-state index is -0.326. The number of halogens is 2. The van der Waals surface area contributed by atoms with E-state index >= 15 is 0 Å². The maximum atomic E-state index is 13.2. The van der Waals surface area contributed by atoms with Crippen LogP contribution in [0.15, 0.2) is 42.5 Å². The van der Waals surface area contributed by atoms with Crippen LogP contribution < -0.4 is 5.32 Å². The first-order valence-electron chi connectivity index (χ1n) is 6.94. The molecule has 1 N–H and O–H groups in total. The van der Waals surface area contributed by atoms with Gasteiger partial charge >= 0.3 is 6.03 Å². The van der Waals surface area contributed by atoms with Gasteiger partial charge in [-0.3, -0.25) is 0 Å². The Balaban J connectivity index is 1.89. The molecule has 0 unspecified atom stereocenters. The van der Waals surface area contributed by atoms with Crippen LogP contribution in [0.3, 0.4) is 0 Å². The standard InChI is InChI=1S/C17H18F2N2O/c1-12-8-13(6-7-16(12)19)10-20-17(22)21(2)11-14-4-3-5-15(18)9-14/h3-9H,10-11H2,1-2H3,(H,20,22). The molecule has 116 valence electrons. The van der Waals surface area contributed by atoms with Gasteiger partial charge in [0.2, 0.25) is 0 Å². The number of benzene rings is 2. The molecule has 0 aliphatic rings. The van der Waals surface area contributed by atoms with Gasteiger partial charge in [0.05, 0.1) is 0 Å². The van der Waals surface area contributed by atoms with Crippen LogP contribution in [-0.2, 0) is 13.1 Å². The molecule has 0 saturated carbocycles. The van der Waals surface area contributed by atoms with Gasteiger partial charge in [-0.1, -0.05) is 24.3 Å². The molecule has 0 atom stereocenters. The van der Waals surface area contributed by atoms with Crippen molar-refractivity contribution >= 4 is 6.03 Å². The van der Waals surface area contributed by atoms with Gasteiger partial charge in [-0.15, -0.1) is 0 Å². The summed E-state index contributed by atoms with van der Waals surface area (Å²) in [5.74, 6) is -0.591. The number of carbonyl (C=O) groups excluding carboxylic acids is 1. The van der Waals surface area contributed by atoms with E-state index < -0.39 is 0 Å². The van der Waals surface area contributed by atoms with E-state index in [0.29, 0.717) is 18.7 Å². The lowest BCUT2D eigenvalue weighted by molar-refractivity contribution is 0.206. The van der Waals surface area contributed by atoms with Crippen LogP contribution in [0.25, 0.3) is 0 Å². The summed E-state index contributed by atoms with van der Waals surface area (Å²) in [6, 6.07) is 10.6. The second-order valence-electron chi connectivity index (χ2n) is 5.23. The molecule has 5 heteroatoms. The molecule has 0 spiro atoms. The number of nitrogens with zero attached hydrogens (tertiary/aromatic N) is 1. The fourth-order valence-electron chi connectivity index (χ4n) is 2.11. The molecular weight excluding hydrogens is 286 g/mol. The number of nitrogens with one attached hydrogen (secondary N) is 1. The lowest BCUT2D eigenvalue weighted by Gasteiger charge is -2.18. The Kier molecular flexibility index (Phi) is 5.09. The predicted octanol–water partition coefficient (Wildman–Crippen LogP) is 3.61. The van der Waals surface area contributed by atoms with Crippen molar-refractivity contribution in [3.05, 3.63) is 70.8 Å². The Morgan fingerprint density at radius 2 is 1.91 bits per heavy atom. The van der Waals surface area contributed by atoms with E-state index in [-0.39, 0.29) is 17.7 Å². The highest BCUT2D eigenvalue weighted by Crippen LogP contribution is 2.10. The molecule has 2 aromatic carbocycles. The zero-order chi connectivity index (χ0) is 16.1. The fraction of sp³-hybridized carbons (Fsp3) is 0.235. The monoisotopic (exact) mass is 304 g/mol. The normalized spacial score (nSPS) is 10.4. The van der Waals surface area contributed by atoms with E-state index in [1.165, 1.54) is 23.1 Å². The van der Waals surface area contributed by atoms with E-state index in [0.717, 1.165) is 11.1 Å². The van der Waals surface area contributed by atoms with Gasteiger partial charge in [-0.25, -0.2) is 13.6 Å². The lowest BCUT2D eigenvalue weighted by Crippen LogP contribution is -2.36. The van der Waals surface area contributed by atoms with Gasteiger partial charge in [0, 0.05) is 20.1 Å². The van der Waals surface area contributed by atoms with E-state index in [2.05, 4.69) is 5.32 Å². The number of carbonyl (C=O) groups is 1. The highest BCUT2D eigenvalue weighted by Gasteiger charge is 2.09. The van der Waals surface area contributed by atoms with Gasteiger partial charge in [0.1, 0.15) is 11.6 Å². The summed E-state index contributed by atoms with van der Waals surface area (Å²) in [5, 5.41) is 2.75. The van der Waals surface area contributed by atoms with Crippen molar-refractivity contribution in [2.75, 3.05) is 7.05 Å². The Hall–Kier alpha value is -2.43. The van der Waals surface area contributed by atoms with E-state index in [1.54, 1.807) is 38.2 Å². The molecule has 0 radical (unpaired) electrons. The average molecular weight is 304 g/mol. The lowest BCUT2D eigenvalue weighted by atomic mass is 10.1. The third-order valence-electron chi connectivity index (χ3n) is 3.32. The Morgan fingerprint density at radius 3 is 2.59 bits per heavy atom. The second kappa shape index (κ2) is 7.02. The Morgan fingerprint density at radius 1 is 1.14 bits per heavy atom. The van der Waals surface area contributed by atoms with Crippen molar-refractivity contribution in [1.82, 2.24) is 10.2 Å². The summed E-state index contributed by atoms with van der Waals surface area (Å²) in [6.45, 7) is 2.30. The van der Waals surface area contributed by atoms with Crippen LogP contribution in [0.5, 0.6) is 0 Å². The number of rotatable bonds is 4. The van der Waals surface area contributed by atoms with Gasteiger partial charge in [0.15, 0.2) is 0 Å². The first-order chi connectivity index (χ1) is 10.5. The molecule has 0 heterocycles. The number of amides is 2. The van der Waals surface area contributed by atoms with Crippen LogP contribution in [0.2, 0.25) is 0 Å². The molecule has 22 heavy (non-hydrogen) atoms. The van der Waals surface area contributed by atoms with Gasteiger partial charge in [0.25, 0.3) is 0 Å². The van der Waals surface area contributed by atoms with Crippen LogP contribution >= 0.6 is 0 Å². The molecule has 0 bridgehead atoms. The molecule has 0 fully saturated rings. The fourth-order valence-corrected chi connectivity index (χ4v) is 2.11. The number of hydrogen-bond acceptors (Lipinski definition) is 1. The van der Waals surface area contributed by atoms with Gasteiger partial charge in [-0.2, -0.15) is 0 Å². The van der Waals surface area contributed by atoms with Gasteiger partial charge in [-0.05, 0) is 41.8 Å². The quantitative estimate of drug-likeness (QED) is 0.919. The van der Waals surface area contributed by atoms with Crippen molar-refractivity contribution in [1.29, 1.82) is 0 Å². The molecule has 0 aromatic heterocycles. The van der Waals surface area contributed by atoms with Crippen molar-refractivity contribution in [2.45, 2.75) is 20.0 Å². The van der Waals surface area contributed by atoms with Crippen LogP contribution in [0, 0.1) is 18.6 Å². The van der Waals surface area contributed by atoms with Crippen molar-refractivity contribution in [3.8, 4) is 0 Å². The number of hydrogen-bond donors (Lipinski definition) is 1. The highest BCUT2D eigenvalue weighted by molar-refractivity contribution is 5.73. The van der Waals surface area contributed by atoms with E-state index in [4.69, 9.17) is 0 Å². The largest absolute Gasteiger partial charge is 0.334 e. The molecule has 2 aromatic rings. The summed E-state index contributed by atoms with van der Waals surface area (Å²) in [7, 11) is 1.64. The number of urea groups is 1. The maximum Gasteiger partial charge on any atom is 0.317 e. The smallest absolute Gasteiger partial charge is 0.317 e. The molecule has 0 aliphatic heterocycles. The second-order valence-corrected chi connectivity index (χ2v) is 5.23. The topological polar surface area (TPSA) is 32.3 Å². The van der Waals surface area contributed by atoms with E-state index in [9.17, 15) is 13.6 Å². The van der Waals surface area contributed by atoms with Crippen molar-refractivity contribution < 1.29 is 13.6 Å². The SMILES string of the molecule is Cc1cc(CNC(=O)N(C)Cc2cccc(F)c2)ccc1F. The third kappa shape index (κ3) is 4.28. The first-order valence-corrected chi connectivity index (χ1v) is 6.94. The zero-order valence-corrected chi connectivity index (χ0v) is 12.6. The number of aryl methyl sites for hydroxylation is 1. The summed E-state index contributed by atoms with van der Waals surface area (Å²) in [6.07, 6.45) is 0. The summed E-state index contributed by atoms with van der Waals surface area (Å²) in [4.78, 5) is 13.5. The van der Waals surface area contributed by atoms with Crippen LogP contribution in [0.4, 0.5) is 13.6 Å². The third-order valence-corrected chi connectivity index (χ3v) is 3.32. The average Bonchev–Trinajstić information content (AvgIpc) is 2.48.